The molecule has 0 radical (unpaired) electrons. The fourth-order valence-electron chi connectivity index (χ4n) is 3.89. The SMILES string of the molecule is CCc1ccc(NC(=O)C2CC(=O)Nc3nc(N4CCCCC4)[nH]c(=O)c32)cc1. The summed E-state index contributed by atoms with van der Waals surface area (Å²) >= 11 is 0. The third kappa shape index (κ3) is 4.01. The molecule has 1 fully saturated rings. The molecule has 29 heavy (non-hydrogen) atoms. The van der Waals surface area contributed by atoms with Gasteiger partial charge in [0.05, 0.1) is 11.5 Å². The summed E-state index contributed by atoms with van der Waals surface area (Å²) in [6.45, 7) is 3.68. The van der Waals surface area contributed by atoms with Crippen molar-refractivity contribution in [3.63, 3.8) is 0 Å². The lowest BCUT2D eigenvalue weighted by molar-refractivity contribution is -0.123. The highest BCUT2D eigenvalue weighted by atomic mass is 16.2. The highest BCUT2D eigenvalue weighted by molar-refractivity contribution is 6.04. The molecule has 1 aromatic heterocycles. The van der Waals surface area contributed by atoms with Crippen molar-refractivity contribution in [2.24, 2.45) is 0 Å². The van der Waals surface area contributed by atoms with Crippen LogP contribution in [0, 0.1) is 0 Å². The molecule has 2 aromatic rings. The summed E-state index contributed by atoms with van der Waals surface area (Å²) in [5.74, 6) is -0.946. The first-order chi connectivity index (χ1) is 14.0. The topological polar surface area (TPSA) is 107 Å². The molecule has 2 aliphatic rings. The molecule has 8 heteroatoms. The summed E-state index contributed by atoms with van der Waals surface area (Å²) in [5.41, 5.74) is 1.63. The van der Waals surface area contributed by atoms with Gasteiger partial charge in [0.15, 0.2) is 0 Å². The summed E-state index contributed by atoms with van der Waals surface area (Å²) < 4.78 is 0. The van der Waals surface area contributed by atoms with Crippen molar-refractivity contribution in [3.05, 3.63) is 45.7 Å². The number of hydrogen-bond donors (Lipinski definition) is 3. The van der Waals surface area contributed by atoms with Crippen molar-refractivity contribution in [1.82, 2.24) is 9.97 Å². The average Bonchev–Trinajstić information content (AvgIpc) is 2.74. The summed E-state index contributed by atoms with van der Waals surface area (Å²) in [5, 5.41) is 5.49. The molecule has 1 saturated heterocycles. The second kappa shape index (κ2) is 8.06. The number of anilines is 3. The van der Waals surface area contributed by atoms with E-state index in [-0.39, 0.29) is 35.2 Å². The molecule has 1 aromatic carbocycles. The number of hydrogen-bond acceptors (Lipinski definition) is 5. The molecule has 0 saturated carbocycles. The maximum atomic E-state index is 12.9. The fourth-order valence-corrected chi connectivity index (χ4v) is 3.89. The number of benzene rings is 1. The summed E-state index contributed by atoms with van der Waals surface area (Å²) in [6.07, 6.45) is 4.05. The van der Waals surface area contributed by atoms with Gasteiger partial charge >= 0.3 is 0 Å². The number of piperidine rings is 1. The Morgan fingerprint density at radius 2 is 1.90 bits per heavy atom. The van der Waals surface area contributed by atoms with E-state index < -0.39 is 5.92 Å². The van der Waals surface area contributed by atoms with Crippen LogP contribution >= 0.6 is 0 Å². The number of nitrogens with one attached hydrogen (secondary N) is 3. The van der Waals surface area contributed by atoms with Crippen molar-refractivity contribution in [2.75, 3.05) is 28.6 Å². The summed E-state index contributed by atoms with van der Waals surface area (Å²) in [6, 6.07) is 7.53. The molecule has 0 aliphatic carbocycles. The maximum absolute atomic E-state index is 12.9. The number of nitrogens with zero attached hydrogens (tertiary/aromatic N) is 2. The highest BCUT2D eigenvalue weighted by Crippen LogP contribution is 2.30. The van der Waals surface area contributed by atoms with Gasteiger partial charge < -0.3 is 15.5 Å². The second-order valence-corrected chi connectivity index (χ2v) is 7.54. The number of rotatable bonds is 4. The van der Waals surface area contributed by atoms with Gasteiger partial charge in [-0.05, 0) is 43.4 Å². The van der Waals surface area contributed by atoms with Crippen LogP contribution in [0.25, 0.3) is 0 Å². The number of H-pyrrole nitrogens is 1. The molecule has 4 rings (SSSR count). The zero-order valence-electron chi connectivity index (χ0n) is 16.5. The van der Waals surface area contributed by atoms with Crippen LogP contribution in [0.2, 0.25) is 0 Å². The Balaban J connectivity index is 1.61. The van der Waals surface area contributed by atoms with E-state index in [1.807, 2.05) is 29.2 Å². The fraction of sp³-hybridized carbons (Fsp3) is 0.429. The van der Waals surface area contributed by atoms with Crippen LogP contribution in [-0.2, 0) is 16.0 Å². The smallest absolute Gasteiger partial charge is 0.258 e. The van der Waals surface area contributed by atoms with Crippen LogP contribution in [0.3, 0.4) is 0 Å². The van der Waals surface area contributed by atoms with Gasteiger partial charge in [-0.25, -0.2) is 0 Å². The van der Waals surface area contributed by atoms with Gasteiger partial charge in [-0.1, -0.05) is 19.1 Å². The van der Waals surface area contributed by atoms with E-state index in [0.29, 0.717) is 11.6 Å². The predicted octanol–water partition coefficient (Wildman–Crippen LogP) is 2.39. The van der Waals surface area contributed by atoms with Crippen molar-refractivity contribution in [2.45, 2.75) is 44.9 Å². The van der Waals surface area contributed by atoms with Gasteiger partial charge in [-0.2, -0.15) is 4.98 Å². The predicted molar refractivity (Wildman–Crippen MR) is 111 cm³/mol. The van der Waals surface area contributed by atoms with Crippen LogP contribution < -0.4 is 21.1 Å². The third-order valence-electron chi connectivity index (χ3n) is 5.54. The molecule has 152 valence electrons. The first-order valence-corrected chi connectivity index (χ1v) is 10.1. The largest absolute Gasteiger partial charge is 0.342 e. The lowest BCUT2D eigenvalue weighted by Gasteiger charge is -2.29. The van der Waals surface area contributed by atoms with Crippen molar-refractivity contribution < 1.29 is 9.59 Å². The lowest BCUT2D eigenvalue weighted by atomic mass is 9.92. The van der Waals surface area contributed by atoms with Crippen molar-refractivity contribution in [1.29, 1.82) is 0 Å². The molecular formula is C21H25N5O3. The minimum atomic E-state index is -0.878. The number of aryl methyl sites for hydroxylation is 1. The first-order valence-electron chi connectivity index (χ1n) is 10.1. The minimum absolute atomic E-state index is 0.0836. The third-order valence-corrected chi connectivity index (χ3v) is 5.54. The maximum Gasteiger partial charge on any atom is 0.258 e. The van der Waals surface area contributed by atoms with Gasteiger partial charge in [-0.3, -0.25) is 19.4 Å². The minimum Gasteiger partial charge on any atom is -0.342 e. The Morgan fingerprint density at radius 3 is 2.59 bits per heavy atom. The van der Waals surface area contributed by atoms with Crippen LogP contribution in [0.5, 0.6) is 0 Å². The van der Waals surface area contributed by atoms with Crippen LogP contribution in [0.15, 0.2) is 29.1 Å². The number of carbonyl (C=O) groups is 2. The number of fused-ring (bicyclic) bond motifs is 1. The van der Waals surface area contributed by atoms with E-state index in [4.69, 9.17) is 0 Å². The molecule has 3 heterocycles. The number of aromatic nitrogens is 2. The van der Waals surface area contributed by atoms with Crippen molar-refractivity contribution >= 4 is 29.3 Å². The van der Waals surface area contributed by atoms with Gasteiger partial charge in [0.2, 0.25) is 17.8 Å². The van der Waals surface area contributed by atoms with Gasteiger partial charge in [0, 0.05) is 25.2 Å². The monoisotopic (exact) mass is 395 g/mol. The van der Waals surface area contributed by atoms with Crippen LogP contribution in [0.1, 0.15) is 49.7 Å². The molecule has 1 atom stereocenters. The molecule has 8 nitrogen and oxygen atoms in total. The lowest BCUT2D eigenvalue weighted by Crippen LogP contribution is -2.38. The Hall–Kier alpha value is -3.16. The van der Waals surface area contributed by atoms with Crippen LogP contribution in [0.4, 0.5) is 17.5 Å². The van der Waals surface area contributed by atoms with Crippen molar-refractivity contribution in [3.8, 4) is 0 Å². The molecular weight excluding hydrogens is 370 g/mol. The normalized spacial score (nSPS) is 18.7. The first kappa shape index (κ1) is 19.2. The second-order valence-electron chi connectivity index (χ2n) is 7.54. The van der Waals surface area contributed by atoms with E-state index >= 15 is 0 Å². The van der Waals surface area contributed by atoms with E-state index in [1.54, 1.807) is 0 Å². The molecule has 0 bridgehead atoms. The number of carbonyl (C=O) groups excluding carboxylic acids is 2. The summed E-state index contributed by atoms with van der Waals surface area (Å²) in [7, 11) is 0. The van der Waals surface area contributed by atoms with E-state index in [0.717, 1.165) is 44.3 Å². The van der Waals surface area contributed by atoms with E-state index in [2.05, 4.69) is 27.5 Å². The zero-order valence-corrected chi connectivity index (χ0v) is 16.5. The average molecular weight is 395 g/mol. The molecule has 2 aliphatic heterocycles. The summed E-state index contributed by atoms with van der Waals surface area (Å²) in [4.78, 5) is 47.2. The van der Waals surface area contributed by atoms with Gasteiger partial charge in [0.25, 0.3) is 5.56 Å². The van der Waals surface area contributed by atoms with E-state index in [1.165, 1.54) is 0 Å². The van der Waals surface area contributed by atoms with Crippen LogP contribution in [-0.4, -0.2) is 34.9 Å². The van der Waals surface area contributed by atoms with Gasteiger partial charge in [-0.15, -0.1) is 0 Å². The Labute approximate surface area is 168 Å². The number of amides is 2. The quantitative estimate of drug-likeness (QED) is 0.737. The Kier molecular flexibility index (Phi) is 5.33. The molecule has 1 unspecified atom stereocenters. The standard InChI is InChI=1S/C21H25N5O3/c1-2-13-6-8-14(9-7-13)22-19(28)15-12-16(27)23-18-17(15)20(29)25-21(24-18)26-10-4-3-5-11-26/h6-9,15H,2-5,10-12H2,1H3,(H,22,28)(H2,23,24,25,27,29). The zero-order chi connectivity index (χ0) is 20.4. The highest BCUT2D eigenvalue weighted by Gasteiger charge is 2.35. The molecule has 2 amide bonds. The Bertz CT molecular complexity index is 977. The molecule has 3 N–H and O–H groups in total. The van der Waals surface area contributed by atoms with Gasteiger partial charge in [0.1, 0.15) is 5.82 Å². The molecule has 0 spiro atoms. The number of aromatic amines is 1. The van der Waals surface area contributed by atoms with E-state index in [9.17, 15) is 14.4 Å². The Morgan fingerprint density at radius 1 is 1.17 bits per heavy atom.